The van der Waals surface area contributed by atoms with Crippen LogP contribution in [-0.2, 0) is 14.6 Å². The van der Waals surface area contributed by atoms with Gasteiger partial charge in [-0.25, -0.2) is 8.42 Å². The Hall–Kier alpha value is -3.17. The van der Waals surface area contributed by atoms with Crippen molar-refractivity contribution in [2.45, 2.75) is 9.46 Å². The first-order valence-corrected chi connectivity index (χ1v) is 11.7. The third kappa shape index (κ3) is 5.50. The molecule has 1 amide bonds. The molecule has 162 valence electrons. The van der Waals surface area contributed by atoms with Crippen LogP contribution in [0, 0.1) is 0 Å². The number of hydrogen-bond donors (Lipinski definition) is 1. The summed E-state index contributed by atoms with van der Waals surface area (Å²) in [6.07, 6.45) is 5.99. The summed E-state index contributed by atoms with van der Waals surface area (Å²) in [7, 11) is -0.605. The van der Waals surface area contributed by atoms with Crippen LogP contribution in [0.15, 0.2) is 70.5 Å². The van der Waals surface area contributed by atoms with Crippen molar-refractivity contribution in [3.8, 4) is 11.5 Å². The molecule has 0 saturated heterocycles. The second kappa shape index (κ2) is 10.2. The molecule has 0 spiro atoms. The fraction of sp³-hybridized carbons (Fsp3) is 0.182. The van der Waals surface area contributed by atoms with Gasteiger partial charge in [0.2, 0.25) is 5.91 Å². The number of thiophene rings is 1. The number of carbonyl (C=O) groups excluding carboxylic acids is 1. The number of amides is 1. The lowest BCUT2D eigenvalue weighted by Gasteiger charge is -2.17. The third-order valence-corrected chi connectivity index (χ3v) is 8.05. The molecule has 1 N–H and O–H groups in total. The fourth-order valence-corrected chi connectivity index (χ4v) is 5.78. The van der Waals surface area contributed by atoms with E-state index in [-0.39, 0.29) is 10.8 Å². The summed E-state index contributed by atoms with van der Waals surface area (Å²) in [4.78, 5) is 16.5. The van der Waals surface area contributed by atoms with E-state index in [0.717, 1.165) is 11.3 Å². The van der Waals surface area contributed by atoms with E-state index in [2.05, 4.69) is 10.3 Å². The van der Waals surface area contributed by atoms with Crippen molar-refractivity contribution in [2.75, 3.05) is 20.8 Å². The van der Waals surface area contributed by atoms with E-state index in [1.807, 2.05) is 0 Å². The lowest BCUT2D eigenvalue weighted by molar-refractivity contribution is -0.116. The second-order valence-corrected chi connectivity index (χ2v) is 9.74. The molecule has 1 atom stereocenters. The van der Waals surface area contributed by atoms with Gasteiger partial charge in [-0.3, -0.25) is 9.78 Å². The maximum atomic E-state index is 13.1. The number of sulfone groups is 1. The Morgan fingerprint density at radius 3 is 2.68 bits per heavy atom. The van der Waals surface area contributed by atoms with Crippen molar-refractivity contribution in [3.05, 3.63) is 77.4 Å². The highest BCUT2D eigenvalue weighted by molar-refractivity contribution is 7.93. The van der Waals surface area contributed by atoms with Gasteiger partial charge in [-0.1, -0.05) is 12.1 Å². The molecule has 7 nitrogen and oxygen atoms in total. The number of carbonyl (C=O) groups is 1. The van der Waals surface area contributed by atoms with E-state index in [0.29, 0.717) is 22.6 Å². The van der Waals surface area contributed by atoms with Crippen LogP contribution in [0.3, 0.4) is 0 Å². The van der Waals surface area contributed by atoms with Gasteiger partial charge in [0, 0.05) is 30.6 Å². The normalized spacial score (nSPS) is 12.5. The number of hydrogen-bond acceptors (Lipinski definition) is 7. The van der Waals surface area contributed by atoms with Crippen LogP contribution in [0.5, 0.6) is 11.5 Å². The zero-order valence-corrected chi connectivity index (χ0v) is 18.7. The average molecular weight is 459 g/mol. The molecule has 0 aliphatic carbocycles. The molecule has 3 rings (SSSR count). The molecule has 9 heteroatoms. The number of pyridine rings is 1. The largest absolute Gasteiger partial charge is 0.497 e. The summed E-state index contributed by atoms with van der Waals surface area (Å²) >= 11 is 1.14. The number of rotatable bonds is 9. The number of nitrogens with one attached hydrogen (secondary N) is 1. The van der Waals surface area contributed by atoms with Crippen LogP contribution in [0.25, 0.3) is 6.08 Å². The van der Waals surface area contributed by atoms with Gasteiger partial charge in [0.1, 0.15) is 21.0 Å². The van der Waals surface area contributed by atoms with E-state index in [9.17, 15) is 13.2 Å². The molecule has 3 aromatic rings. The van der Waals surface area contributed by atoms with Gasteiger partial charge in [-0.15, -0.1) is 11.3 Å². The van der Waals surface area contributed by atoms with Gasteiger partial charge in [-0.2, -0.15) is 0 Å². The minimum Gasteiger partial charge on any atom is -0.497 e. The molecule has 2 heterocycles. The number of ether oxygens (including phenoxy) is 2. The van der Waals surface area contributed by atoms with Crippen molar-refractivity contribution in [1.29, 1.82) is 0 Å². The topological polar surface area (TPSA) is 94.6 Å². The minimum absolute atomic E-state index is 0.0929. The fourth-order valence-electron chi connectivity index (χ4n) is 2.93. The van der Waals surface area contributed by atoms with E-state index in [1.54, 1.807) is 67.2 Å². The highest BCUT2D eigenvalue weighted by atomic mass is 32.2. The molecule has 1 unspecified atom stereocenters. The van der Waals surface area contributed by atoms with Crippen molar-refractivity contribution in [1.82, 2.24) is 10.3 Å². The Morgan fingerprint density at radius 1 is 1.19 bits per heavy atom. The number of benzene rings is 1. The van der Waals surface area contributed by atoms with Crippen molar-refractivity contribution < 1.29 is 22.7 Å². The molecule has 1 aromatic carbocycles. The zero-order valence-electron chi connectivity index (χ0n) is 17.0. The number of methoxy groups -OCH3 is 2. The van der Waals surface area contributed by atoms with Gasteiger partial charge >= 0.3 is 0 Å². The van der Waals surface area contributed by atoms with Crippen molar-refractivity contribution >= 4 is 33.2 Å². The van der Waals surface area contributed by atoms with Crippen LogP contribution in [0.2, 0.25) is 0 Å². The van der Waals surface area contributed by atoms with Crippen LogP contribution < -0.4 is 14.8 Å². The summed E-state index contributed by atoms with van der Waals surface area (Å²) in [6.45, 7) is -0.0929. The van der Waals surface area contributed by atoms with Gasteiger partial charge < -0.3 is 14.8 Å². The Bertz CT molecular complexity index is 1140. The average Bonchev–Trinajstić information content (AvgIpc) is 3.34. The molecule has 0 aliphatic rings. The molecule has 0 fully saturated rings. The molecule has 0 bridgehead atoms. The number of nitrogens with zero attached hydrogens (tertiary/aromatic N) is 1. The van der Waals surface area contributed by atoms with E-state index < -0.39 is 21.0 Å². The van der Waals surface area contributed by atoms with E-state index >= 15 is 0 Å². The van der Waals surface area contributed by atoms with Crippen molar-refractivity contribution in [2.24, 2.45) is 0 Å². The first kappa shape index (κ1) is 22.5. The lowest BCUT2D eigenvalue weighted by Crippen LogP contribution is -2.30. The Kier molecular flexibility index (Phi) is 7.43. The first-order valence-electron chi connectivity index (χ1n) is 9.31. The standard InChI is InChI=1S/C22H22N2O5S2/c1-28-18-8-9-19(29-2)16(13-18)7-10-21(25)24-15-20(17-5-3-11-23-14-17)31(26,27)22-6-4-12-30-22/h3-14,20H,15H2,1-2H3,(H,24,25)/b10-7+. The van der Waals surface area contributed by atoms with Gasteiger partial charge in [0.15, 0.2) is 9.84 Å². The predicted molar refractivity (Wildman–Crippen MR) is 120 cm³/mol. The van der Waals surface area contributed by atoms with Crippen LogP contribution in [-0.4, -0.2) is 40.1 Å². The molecule has 2 aromatic heterocycles. The van der Waals surface area contributed by atoms with E-state index in [1.165, 1.54) is 19.4 Å². The van der Waals surface area contributed by atoms with Gasteiger partial charge in [0.05, 0.1) is 14.2 Å². The van der Waals surface area contributed by atoms with Crippen LogP contribution in [0.1, 0.15) is 16.4 Å². The minimum atomic E-state index is -3.69. The predicted octanol–water partition coefficient (Wildman–Crippen LogP) is 3.50. The molecule has 31 heavy (non-hydrogen) atoms. The summed E-state index contributed by atoms with van der Waals surface area (Å²) in [5.74, 6) is 0.776. The maximum absolute atomic E-state index is 13.1. The molecule has 0 radical (unpaired) electrons. The summed E-state index contributed by atoms with van der Waals surface area (Å²) < 4.78 is 37.0. The maximum Gasteiger partial charge on any atom is 0.244 e. The highest BCUT2D eigenvalue weighted by Crippen LogP contribution is 2.31. The van der Waals surface area contributed by atoms with Crippen LogP contribution >= 0.6 is 11.3 Å². The summed E-state index contributed by atoms with van der Waals surface area (Å²) in [5, 5.41) is 3.43. The molecule has 0 aliphatic heterocycles. The third-order valence-electron chi connectivity index (χ3n) is 4.52. The SMILES string of the molecule is COc1ccc(OC)c(/C=C/C(=O)NCC(c2cccnc2)S(=O)(=O)c2cccs2)c1. The first-order chi connectivity index (χ1) is 15.0. The smallest absolute Gasteiger partial charge is 0.244 e. The Balaban J connectivity index is 1.78. The number of aromatic nitrogens is 1. The zero-order chi connectivity index (χ0) is 22.3. The Labute approximate surface area is 185 Å². The van der Waals surface area contributed by atoms with Crippen molar-refractivity contribution in [3.63, 3.8) is 0 Å². The lowest BCUT2D eigenvalue weighted by atomic mass is 10.1. The van der Waals surface area contributed by atoms with Crippen LogP contribution in [0.4, 0.5) is 0 Å². The second-order valence-electron chi connectivity index (χ2n) is 6.44. The Morgan fingerprint density at radius 2 is 2.03 bits per heavy atom. The highest BCUT2D eigenvalue weighted by Gasteiger charge is 2.30. The quantitative estimate of drug-likeness (QED) is 0.493. The van der Waals surface area contributed by atoms with Gasteiger partial charge in [-0.05, 0) is 47.4 Å². The molecular formula is C22H22N2O5S2. The van der Waals surface area contributed by atoms with E-state index in [4.69, 9.17) is 9.47 Å². The summed E-state index contributed by atoms with van der Waals surface area (Å²) in [5.41, 5.74) is 1.17. The summed E-state index contributed by atoms with van der Waals surface area (Å²) in [6, 6.07) is 11.8. The van der Waals surface area contributed by atoms with Gasteiger partial charge in [0.25, 0.3) is 0 Å². The molecular weight excluding hydrogens is 436 g/mol. The molecule has 0 saturated carbocycles. The monoisotopic (exact) mass is 458 g/mol.